The molecule has 0 radical (unpaired) electrons. The van der Waals surface area contributed by atoms with Gasteiger partial charge >= 0.3 is 0 Å². The highest BCUT2D eigenvalue weighted by molar-refractivity contribution is 9.10. The number of halogens is 1. The Morgan fingerprint density at radius 3 is 2.50 bits per heavy atom. The molecule has 7 nitrogen and oxygen atoms in total. The summed E-state index contributed by atoms with van der Waals surface area (Å²) in [6, 6.07) is 11.7. The lowest BCUT2D eigenvalue weighted by Gasteiger charge is -2.14. The van der Waals surface area contributed by atoms with Gasteiger partial charge in [0.1, 0.15) is 18.1 Å². The van der Waals surface area contributed by atoms with Crippen molar-refractivity contribution in [1.29, 1.82) is 0 Å². The molecule has 0 aliphatic rings. The number of benzene rings is 2. The molecule has 0 aromatic heterocycles. The molecule has 0 saturated heterocycles. The maximum Gasteiger partial charge on any atom is 0.269 e. The number of hydrogen-bond acceptors (Lipinski definition) is 5. The van der Waals surface area contributed by atoms with Gasteiger partial charge in [-0.3, -0.25) is 25.8 Å². The van der Waals surface area contributed by atoms with E-state index in [4.69, 9.17) is 21.7 Å². The van der Waals surface area contributed by atoms with Crippen LogP contribution in [0.2, 0.25) is 0 Å². The zero-order valence-electron chi connectivity index (χ0n) is 16.4. The van der Waals surface area contributed by atoms with Crippen LogP contribution in [0.1, 0.15) is 34.1 Å². The second-order valence-electron chi connectivity index (χ2n) is 5.98. The van der Waals surface area contributed by atoms with Crippen LogP contribution in [0.25, 0.3) is 0 Å². The molecule has 0 saturated carbocycles. The first-order chi connectivity index (χ1) is 14.4. The maximum absolute atomic E-state index is 12.6. The second-order valence-corrected chi connectivity index (χ2v) is 7.30. The van der Waals surface area contributed by atoms with E-state index in [1.807, 2.05) is 6.92 Å². The summed E-state index contributed by atoms with van der Waals surface area (Å²) in [7, 11) is 0. The van der Waals surface area contributed by atoms with E-state index in [0.717, 1.165) is 10.9 Å². The summed E-state index contributed by atoms with van der Waals surface area (Å²) < 4.78 is 11.7. The van der Waals surface area contributed by atoms with Crippen LogP contribution < -0.4 is 25.6 Å². The Kier molecular flexibility index (Phi) is 9.30. The van der Waals surface area contributed by atoms with Crippen LogP contribution in [-0.2, 0) is 0 Å². The molecular formula is C21H22BrN3O4S. The summed E-state index contributed by atoms with van der Waals surface area (Å²) in [6.45, 7) is 6.41. The number of hydrazine groups is 1. The van der Waals surface area contributed by atoms with Gasteiger partial charge in [-0.25, -0.2) is 0 Å². The van der Waals surface area contributed by atoms with E-state index in [2.05, 4.69) is 38.7 Å². The molecule has 30 heavy (non-hydrogen) atoms. The fraction of sp³-hybridized carbons (Fsp3) is 0.190. The van der Waals surface area contributed by atoms with Crippen LogP contribution in [0.4, 0.5) is 0 Å². The SMILES string of the molecule is C=CCOc1ccc(C(=O)NNC(=S)NC(=O)c2cc(Br)ccc2OCCC)cc1. The number of nitrogens with one attached hydrogen (secondary N) is 3. The van der Waals surface area contributed by atoms with Crippen molar-refractivity contribution in [1.82, 2.24) is 16.2 Å². The standard InChI is InChI=1S/C21H22BrN3O4S/c1-3-11-28-16-8-5-14(6-9-16)19(26)24-25-21(30)23-20(27)17-13-15(22)7-10-18(17)29-12-4-2/h3,5-10,13H,1,4,11-12H2,2H3,(H,24,26)(H2,23,25,27,30). The first-order valence-electron chi connectivity index (χ1n) is 9.12. The Bertz CT molecular complexity index is 919. The van der Waals surface area contributed by atoms with E-state index >= 15 is 0 Å². The normalized spacial score (nSPS) is 9.93. The molecule has 2 amide bonds. The van der Waals surface area contributed by atoms with Gasteiger partial charge in [-0.2, -0.15) is 0 Å². The van der Waals surface area contributed by atoms with Gasteiger partial charge in [-0.15, -0.1) is 0 Å². The summed E-state index contributed by atoms with van der Waals surface area (Å²) in [5.41, 5.74) is 5.66. The van der Waals surface area contributed by atoms with Crippen molar-refractivity contribution in [2.24, 2.45) is 0 Å². The third kappa shape index (κ3) is 7.16. The minimum Gasteiger partial charge on any atom is -0.493 e. The van der Waals surface area contributed by atoms with Gasteiger partial charge in [0.05, 0.1) is 12.2 Å². The smallest absolute Gasteiger partial charge is 0.269 e. The third-order valence-electron chi connectivity index (χ3n) is 3.65. The van der Waals surface area contributed by atoms with E-state index in [0.29, 0.717) is 35.8 Å². The molecule has 0 heterocycles. The average molecular weight is 492 g/mol. The zero-order chi connectivity index (χ0) is 21.9. The number of carbonyl (C=O) groups is 2. The van der Waals surface area contributed by atoms with E-state index in [1.54, 1.807) is 48.5 Å². The fourth-order valence-corrected chi connectivity index (χ4v) is 2.77. The number of carbonyl (C=O) groups excluding carboxylic acids is 2. The second kappa shape index (κ2) is 11.9. The fourth-order valence-electron chi connectivity index (χ4n) is 2.26. The molecule has 0 aliphatic carbocycles. The van der Waals surface area contributed by atoms with Gasteiger partial charge < -0.3 is 9.47 Å². The number of thiocarbonyl (C=S) groups is 1. The lowest BCUT2D eigenvalue weighted by atomic mass is 10.2. The summed E-state index contributed by atoms with van der Waals surface area (Å²) in [5, 5.41) is 2.46. The predicted octanol–water partition coefficient (Wildman–Crippen LogP) is 3.75. The maximum atomic E-state index is 12.6. The quantitative estimate of drug-likeness (QED) is 0.296. The lowest BCUT2D eigenvalue weighted by Crippen LogP contribution is -2.48. The molecule has 9 heteroatoms. The number of amides is 2. The van der Waals surface area contributed by atoms with Crippen molar-refractivity contribution in [3.63, 3.8) is 0 Å². The van der Waals surface area contributed by atoms with Gasteiger partial charge in [-0.1, -0.05) is 35.5 Å². The molecule has 0 fully saturated rings. The van der Waals surface area contributed by atoms with Gasteiger partial charge in [0.15, 0.2) is 5.11 Å². The number of hydrogen-bond donors (Lipinski definition) is 3. The molecule has 2 aromatic rings. The van der Waals surface area contributed by atoms with Crippen molar-refractivity contribution in [2.45, 2.75) is 13.3 Å². The van der Waals surface area contributed by atoms with Crippen LogP contribution in [0.3, 0.4) is 0 Å². The van der Waals surface area contributed by atoms with Crippen molar-refractivity contribution in [2.75, 3.05) is 13.2 Å². The largest absolute Gasteiger partial charge is 0.493 e. The van der Waals surface area contributed by atoms with E-state index in [9.17, 15) is 9.59 Å². The minimum absolute atomic E-state index is 0.0549. The Morgan fingerprint density at radius 2 is 1.83 bits per heavy atom. The van der Waals surface area contributed by atoms with Crippen molar-refractivity contribution < 1.29 is 19.1 Å². The monoisotopic (exact) mass is 491 g/mol. The highest BCUT2D eigenvalue weighted by Crippen LogP contribution is 2.23. The van der Waals surface area contributed by atoms with Gasteiger partial charge in [-0.05, 0) is 61.1 Å². The number of rotatable bonds is 8. The van der Waals surface area contributed by atoms with Crippen molar-refractivity contribution in [3.05, 3.63) is 70.7 Å². The first-order valence-corrected chi connectivity index (χ1v) is 10.3. The molecule has 0 atom stereocenters. The highest BCUT2D eigenvalue weighted by Gasteiger charge is 2.15. The molecule has 0 aliphatic heterocycles. The van der Waals surface area contributed by atoms with Gasteiger partial charge in [0, 0.05) is 10.0 Å². The van der Waals surface area contributed by atoms with Crippen molar-refractivity contribution in [3.8, 4) is 11.5 Å². The van der Waals surface area contributed by atoms with Gasteiger partial charge in [0.2, 0.25) is 0 Å². The topological polar surface area (TPSA) is 88.7 Å². The summed E-state index contributed by atoms with van der Waals surface area (Å²) >= 11 is 8.43. The predicted molar refractivity (Wildman–Crippen MR) is 123 cm³/mol. The van der Waals surface area contributed by atoms with E-state index < -0.39 is 11.8 Å². The Balaban J connectivity index is 1.91. The Labute approximate surface area is 188 Å². The lowest BCUT2D eigenvalue weighted by molar-refractivity contribution is 0.0933. The van der Waals surface area contributed by atoms with Crippen LogP contribution in [0.5, 0.6) is 11.5 Å². The molecule has 0 bridgehead atoms. The zero-order valence-corrected chi connectivity index (χ0v) is 18.8. The molecule has 158 valence electrons. The third-order valence-corrected chi connectivity index (χ3v) is 4.35. The van der Waals surface area contributed by atoms with Crippen molar-refractivity contribution >= 4 is 45.1 Å². The Morgan fingerprint density at radius 1 is 1.10 bits per heavy atom. The molecule has 2 aromatic carbocycles. The van der Waals surface area contributed by atoms with E-state index in [1.165, 1.54) is 0 Å². The molecule has 0 unspecified atom stereocenters. The molecule has 2 rings (SSSR count). The summed E-state index contributed by atoms with van der Waals surface area (Å²) in [5.74, 6) is 0.189. The van der Waals surface area contributed by atoms with Crippen LogP contribution in [0, 0.1) is 0 Å². The van der Waals surface area contributed by atoms with Crippen LogP contribution >= 0.6 is 28.1 Å². The average Bonchev–Trinajstić information content (AvgIpc) is 2.75. The van der Waals surface area contributed by atoms with E-state index in [-0.39, 0.29) is 5.11 Å². The first kappa shape index (κ1) is 23.4. The Hall–Kier alpha value is -2.91. The van der Waals surface area contributed by atoms with Crippen LogP contribution in [0.15, 0.2) is 59.6 Å². The molecule has 0 spiro atoms. The summed E-state index contributed by atoms with van der Waals surface area (Å²) in [6.07, 6.45) is 2.44. The number of ether oxygens (including phenoxy) is 2. The van der Waals surface area contributed by atoms with Gasteiger partial charge in [0.25, 0.3) is 11.8 Å². The van der Waals surface area contributed by atoms with Crippen LogP contribution in [-0.4, -0.2) is 30.1 Å². The molecule has 3 N–H and O–H groups in total. The summed E-state index contributed by atoms with van der Waals surface area (Å²) in [4.78, 5) is 24.8. The highest BCUT2D eigenvalue weighted by atomic mass is 79.9. The molecular weight excluding hydrogens is 470 g/mol. The minimum atomic E-state index is -0.460.